The molecule has 21 heavy (non-hydrogen) atoms. The molecule has 0 amide bonds. The standard InChI is InChI=1S/C15H22N2O2.2ClH/c1-3-5-12(17-10-8-16-9-11-17)15-13(18)6-4-7-14(15)19-2;;/h3-4,6-7,12,16,18H,1,5,8-11H2,2H3;2*1H/t12-;;/m0../s1. The number of methoxy groups -OCH3 is 1. The summed E-state index contributed by atoms with van der Waals surface area (Å²) >= 11 is 0. The Morgan fingerprint density at radius 1 is 1.38 bits per heavy atom. The number of rotatable bonds is 5. The van der Waals surface area contributed by atoms with Gasteiger partial charge >= 0.3 is 0 Å². The zero-order chi connectivity index (χ0) is 13.7. The highest BCUT2D eigenvalue weighted by Crippen LogP contribution is 2.38. The van der Waals surface area contributed by atoms with Crippen LogP contribution in [0.25, 0.3) is 0 Å². The highest BCUT2D eigenvalue weighted by atomic mass is 35.5. The maximum Gasteiger partial charge on any atom is 0.127 e. The molecular formula is C15H24Cl2N2O2. The quantitative estimate of drug-likeness (QED) is 0.813. The Hall–Kier alpha value is -0.940. The van der Waals surface area contributed by atoms with E-state index in [1.54, 1.807) is 19.2 Å². The average Bonchev–Trinajstić information content (AvgIpc) is 2.46. The van der Waals surface area contributed by atoms with Gasteiger partial charge in [0.1, 0.15) is 11.5 Å². The minimum Gasteiger partial charge on any atom is -0.507 e. The number of benzene rings is 1. The molecule has 1 heterocycles. The van der Waals surface area contributed by atoms with E-state index in [1.807, 2.05) is 12.1 Å². The topological polar surface area (TPSA) is 44.7 Å². The van der Waals surface area contributed by atoms with Crippen LogP contribution in [0.1, 0.15) is 18.0 Å². The summed E-state index contributed by atoms with van der Waals surface area (Å²) in [7, 11) is 1.64. The number of hydrogen-bond donors (Lipinski definition) is 2. The van der Waals surface area contributed by atoms with Crippen LogP contribution in [-0.2, 0) is 0 Å². The molecule has 1 aliphatic rings. The van der Waals surface area contributed by atoms with E-state index in [9.17, 15) is 5.11 Å². The lowest BCUT2D eigenvalue weighted by molar-refractivity contribution is 0.169. The Morgan fingerprint density at radius 3 is 2.62 bits per heavy atom. The van der Waals surface area contributed by atoms with Crippen molar-refractivity contribution in [2.24, 2.45) is 0 Å². The van der Waals surface area contributed by atoms with Gasteiger partial charge in [0.2, 0.25) is 0 Å². The summed E-state index contributed by atoms with van der Waals surface area (Å²) in [6, 6.07) is 5.54. The molecule has 0 unspecified atom stereocenters. The second-order valence-electron chi connectivity index (χ2n) is 4.72. The third kappa shape index (κ3) is 4.78. The fraction of sp³-hybridized carbons (Fsp3) is 0.467. The molecular weight excluding hydrogens is 311 g/mol. The molecule has 0 aromatic heterocycles. The average molecular weight is 335 g/mol. The third-order valence-corrected chi connectivity index (χ3v) is 3.58. The van der Waals surface area contributed by atoms with Gasteiger partial charge in [0, 0.05) is 32.2 Å². The minimum atomic E-state index is 0. The summed E-state index contributed by atoms with van der Waals surface area (Å²) in [5.74, 6) is 1.04. The summed E-state index contributed by atoms with van der Waals surface area (Å²) in [5.41, 5.74) is 0.867. The molecule has 2 N–H and O–H groups in total. The molecule has 0 aliphatic carbocycles. The second kappa shape index (κ2) is 9.90. The first-order chi connectivity index (χ1) is 9.27. The van der Waals surface area contributed by atoms with Crippen molar-refractivity contribution in [3.8, 4) is 11.5 Å². The second-order valence-corrected chi connectivity index (χ2v) is 4.72. The van der Waals surface area contributed by atoms with Crippen molar-refractivity contribution >= 4 is 24.8 Å². The lowest BCUT2D eigenvalue weighted by atomic mass is 9.99. The first-order valence-electron chi connectivity index (χ1n) is 6.69. The fourth-order valence-corrected chi connectivity index (χ4v) is 2.65. The molecule has 1 aliphatic heterocycles. The molecule has 0 spiro atoms. The van der Waals surface area contributed by atoms with Gasteiger partial charge in [-0.2, -0.15) is 0 Å². The smallest absolute Gasteiger partial charge is 0.127 e. The number of piperazine rings is 1. The largest absolute Gasteiger partial charge is 0.507 e. The molecule has 1 fully saturated rings. The van der Waals surface area contributed by atoms with E-state index in [0.29, 0.717) is 5.75 Å². The number of ether oxygens (including phenoxy) is 1. The first-order valence-corrected chi connectivity index (χ1v) is 6.69. The summed E-state index contributed by atoms with van der Waals surface area (Å²) in [6.45, 7) is 7.73. The fourth-order valence-electron chi connectivity index (χ4n) is 2.65. The van der Waals surface area contributed by atoms with Crippen LogP contribution in [0, 0.1) is 0 Å². The Kier molecular flexibility index (Phi) is 9.46. The molecule has 0 bridgehead atoms. The van der Waals surface area contributed by atoms with Gasteiger partial charge in [-0.1, -0.05) is 12.1 Å². The maximum absolute atomic E-state index is 10.2. The SMILES string of the molecule is C=CC[C@@H](c1c(O)cccc1OC)N1CCNCC1.Cl.Cl. The Bertz CT molecular complexity index is 438. The number of hydrogen-bond acceptors (Lipinski definition) is 4. The predicted molar refractivity (Wildman–Crippen MR) is 91.2 cm³/mol. The van der Waals surface area contributed by atoms with Crippen molar-refractivity contribution in [2.75, 3.05) is 33.3 Å². The molecule has 1 atom stereocenters. The van der Waals surface area contributed by atoms with Gasteiger partial charge in [-0.3, -0.25) is 4.90 Å². The minimum absolute atomic E-state index is 0. The summed E-state index contributed by atoms with van der Waals surface area (Å²) < 4.78 is 5.41. The molecule has 120 valence electrons. The molecule has 1 aromatic rings. The van der Waals surface area contributed by atoms with Gasteiger partial charge in [-0.15, -0.1) is 31.4 Å². The van der Waals surface area contributed by atoms with Crippen molar-refractivity contribution in [3.63, 3.8) is 0 Å². The zero-order valence-electron chi connectivity index (χ0n) is 12.2. The highest BCUT2D eigenvalue weighted by molar-refractivity contribution is 5.85. The van der Waals surface area contributed by atoms with Crippen molar-refractivity contribution in [3.05, 3.63) is 36.4 Å². The monoisotopic (exact) mass is 334 g/mol. The third-order valence-electron chi connectivity index (χ3n) is 3.58. The van der Waals surface area contributed by atoms with Crippen LogP contribution in [0.15, 0.2) is 30.9 Å². The molecule has 2 rings (SSSR count). The molecule has 4 nitrogen and oxygen atoms in total. The predicted octanol–water partition coefficient (Wildman–Crippen LogP) is 2.77. The van der Waals surface area contributed by atoms with Gasteiger partial charge in [0.05, 0.1) is 12.7 Å². The Morgan fingerprint density at radius 2 is 2.05 bits per heavy atom. The van der Waals surface area contributed by atoms with Crippen LogP contribution < -0.4 is 10.1 Å². The summed E-state index contributed by atoms with van der Waals surface area (Å²) in [4.78, 5) is 2.37. The van der Waals surface area contributed by atoms with Crippen molar-refractivity contribution in [1.82, 2.24) is 10.2 Å². The van der Waals surface area contributed by atoms with E-state index in [4.69, 9.17) is 4.74 Å². The maximum atomic E-state index is 10.2. The number of phenols is 1. The van der Waals surface area contributed by atoms with Crippen LogP contribution in [0.3, 0.4) is 0 Å². The van der Waals surface area contributed by atoms with Crippen LogP contribution in [-0.4, -0.2) is 43.3 Å². The normalized spacial score (nSPS) is 16.2. The zero-order valence-corrected chi connectivity index (χ0v) is 13.9. The summed E-state index contributed by atoms with van der Waals surface area (Å²) in [6.07, 6.45) is 2.70. The van der Waals surface area contributed by atoms with Crippen LogP contribution >= 0.6 is 24.8 Å². The number of halogens is 2. The number of phenolic OH excluding ortho intramolecular Hbond substituents is 1. The molecule has 1 saturated heterocycles. The van der Waals surface area contributed by atoms with E-state index >= 15 is 0 Å². The van der Waals surface area contributed by atoms with Crippen LogP contribution in [0.5, 0.6) is 11.5 Å². The number of nitrogens with zero attached hydrogens (tertiary/aromatic N) is 1. The van der Waals surface area contributed by atoms with E-state index < -0.39 is 0 Å². The Labute approximate surface area is 139 Å². The van der Waals surface area contributed by atoms with Gasteiger partial charge in [-0.05, 0) is 18.6 Å². The van der Waals surface area contributed by atoms with Crippen molar-refractivity contribution < 1.29 is 9.84 Å². The van der Waals surface area contributed by atoms with E-state index in [2.05, 4.69) is 16.8 Å². The molecule has 0 saturated carbocycles. The van der Waals surface area contributed by atoms with Gasteiger partial charge in [0.15, 0.2) is 0 Å². The van der Waals surface area contributed by atoms with Crippen molar-refractivity contribution in [2.45, 2.75) is 12.5 Å². The van der Waals surface area contributed by atoms with Crippen LogP contribution in [0.2, 0.25) is 0 Å². The van der Waals surface area contributed by atoms with Gasteiger partial charge in [0.25, 0.3) is 0 Å². The summed E-state index contributed by atoms with van der Waals surface area (Å²) in [5, 5.41) is 13.5. The first kappa shape index (κ1) is 20.1. The number of aromatic hydroxyl groups is 1. The van der Waals surface area contributed by atoms with Crippen molar-refractivity contribution in [1.29, 1.82) is 0 Å². The van der Waals surface area contributed by atoms with E-state index in [1.165, 1.54) is 0 Å². The van der Waals surface area contributed by atoms with Gasteiger partial charge < -0.3 is 15.2 Å². The Balaban J connectivity index is 0.00000200. The number of nitrogens with one attached hydrogen (secondary N) is 1. The molecule has 0 radical (unpaired) electrons. The lowest BCUT2D eigenvalue weighted by Crippen LogP contribution is -2.45. The van der Waals surface area contributed by atoms with Crippen LogP contribution in [0.4, 0.5) is 0 Å². The molecule has 6 heteroatoms. The van der Waals surface area contributed by atoms with E-state index in [0.717, 1.165) is 43.9 Å². The van der Waals surface area contributed by atoms with E-state index in [-0.39, 0.29) is 30.9 Å². The lowest BCUT2D eigenvalue weighted by Gasteiger charge is -2.35. The highest BCUT2D eigenvalue weighted by Gasteiger charge is 2.26. The molecule has 1 aromatic carbocycles. The van der Waals surface area contributed by atoms with Gasteiger partial charge in [-0.25, -0.2) is 0 Å².